The third-order valence-corrected chi connectivity index (χ3v) is 0.868. The van der Waals surface area contributed by atoms with Crippen LogP contribution in [0, 0.1) is 0 Å². The molecule has 62 valence electrons. The summed E-state index contributed by atoms with van der Waals surface area (Å²) in [5.41, 5.74) is 0. The summed E-state index contributed by atoms with van der Waals surface area (Å²) in [6, 6.07) is 0. The Hall–Kier alpha value is -1.52. The van der Waals surface area contributed by atoms with Gasteiger partial charge in [-0.15, -0.1) is 0 Å². The number of carboxylic acid groups (broad SMARTS) is 1. The zero-order valence-corrected chi connectivity index (χ0v) is 6.11. The smallest absolute Gasteiger partial charge is 0.414 e. The summed E-state index contributed by atoms with van der Waals surface area (Å²) in [6.45, 7) is 2.76. The molecule has 5 nitrogen and oxygen atoms in total. The Labute approximate surface area is 63.9 Å². The van der Waals surface area contributed by atoms with E-state index in [1.54, 1.807) is 0 Å². The number of rotatable bonds is 3. The van der Waals surface area contributed by atoms with Crippen LogP contribution in [-0.2, 0) is 9.53 Å². The fraction of sp³-hybridized carbons (Fsp3) is 0.333. The van der Waals surface area contributed by atoms with E-state index >= 15 is 0 Å². The van der Waals surface area contributed by atoms with Crippen molar-refractivity contribution in [2.24, 2.45) is 0 Å². The maximum atomic E-state index is 10.6. The van der Waals surface area contributed by atoms with Crippen molar-refractivity contribution in [3.63, 3.8) is 0 Å². The highest BCUT2D eigenvalue weighted by Crippen LogP contribution is 1.89. The van der Waals surface area contributed by atoms with Gasteiger partial charge in [-0.05, 0) is 0 Å². The van der Waals surface area contributed by atoms with Gasteiger partial charge >= 0.3 is 12.1 Å². The highest BCUT2D eigenvalue weighted by atomic mass is 16.5. The van der Waals surface area contributed by atoms with Crippen LogP contribution in [0.15, 0.2) is 12.8 Å². The van der Waals surface area contributed by atoms with Crippen LogP contribution in [-0.4, -0.2) is 35.7 Å². The van der Waals surface area contributed by atoms with Crippen LogP contribution in [0.2, 0.25) is 0 Å². The molecular weight excluding hydrogens is 150 g/mol. The maximum absolute atomic E-state index is 10.6. The van der Waals surface area contributed by atoms with Crippen LogP contribution in [0.1, 0.15) is 0 Å². The number of aliphatic carboxylic acids is 1. The fourth-order valence-corrected chi connectivity index (χ4v) is 0.429. The molecule has 0 radical (unpaired) electrons. The number of hydrogen-bond acceptors (Lipinski definition) is 3. The maximum Gasteiger partial charge on any atom is 0.414 e. The Kier molecular flexibility index (Phi) is 3.72. The van der Waals surface area contributed by atoms with Crippen molar-refractivity contribution >= 4 is 12.1 Å². The summed E-state index contributed by atoms with van der Waals surface area (Å²) >= 11 is 0. The number of amides is 1. The molecule has 0 saturated heterocycles. The van der Waals surface area contributed by atoms with Gasteiger partial charge in [-0.25, -0.2) is 4.79 Å². The van der Waals surface area contributed by atoms with E-state index in [0.29, 0.717) is 0 Å². The van der Waals surface area contributed by atoms with E-state index in [-0.39, 0.29) is 6.54 Å². The summed E-state index contributed by atoms with van der Waals surface area (Å²) in [7, 11) is 1.32. The Morgan fingerprint density at radius 3 is 2.64 bits per heavy atom. The number of nitrogens with zero attached hydrogens (tertiary/aromatic N) is 1. The molecule has 0 aliphatic carbocycles. The minimum atomic E-state index is -1.09. The molecule has 0 fully saturated rings. The lowest BCUT2D eigenvalue weighted by Gasteiger charge is -2.11. The van der Waals surface area contributed by atoms with E-state index in [1.165, 1.54) is 7.05 Å². The van der Waals surface area contributed by atoms with Gasteiger partial charge in [0.15, 0.2) is 0 Å². The first-order chi connectivity index (χ1) is 5.07. The van der Waals surface area contributed by atoms with Crippen molar-refractivity contribution in [3.05, 3.63) is 12.8 Å². The predicted molar refractivity (Wildman–Crippen MR) is 36.9 cm³/mol. The molecule has 1 amide bonds. The van der Waals surface area contributed by atoms with Gasteiger partial charge in [0.05, 0.1) is 6.26 Å². The number of ether oxygens (including phenoxy) is 1. The SMILES string of the molecule is C=COC(=O)N(C)CC(=O)O. The molecule has 0 aromatic heterocycles. The molecule has 0 unspecified atom stereocenters. The predicted octanol–water partition coefficient (Wildman–Crippen LogP) is 0.283. The van der Waals surface area contributed by atoms with Crippen LogP contribution in [0.3, 0.4) is 0 Å². The van der Waals surface area contributed by atoms with Crippen molar-refractivity contribution in [1.29, 1.82) is 0 Å². The van der Waals surface area contributed by atoms with Crippen LogP contribution in [0.25, 0.3) is 0 Å². The second-order valence-electron chi connectivity index (χ2n) is 1.80. The van der Waals surface area contributed by atoms with Gasteiger partial charge in [0.2, 0.25) is 0 Å². The van der Waals surface area contributed by atoms with Crippen LogP contribution in [0.4, 0.5) is 4.79 Å². The highest BCUT2D eigenvalue weighted by Gasteiger charge is 2.11. The molecule has 0 atom stereocenters. The fourth-order valence-electron chi connectivity index (χ4n) is 0.429. The Balaban J connectivity index is 3.81. The topological polar surface area (TPSA) is 66.8 Å². The average molecular weight is 159 g/mol. The van der Waals surface area contributed by atoms with Crippen LogP contribution < -0.4 is 0 Å². The molecule has 0 aromatic carbocycles. The zero-order valence-electron chi connectivity index (χ0n) is 6.11. The lowest BCUT2D eigenvalue weighted by Crippen LogP contribution is -2.31. The van der Waals surface area contributed by atoms with E-state index in [4.69, 9.17) is 5.11 Å². The first-order valence-corrected chi connectivity index (χ1v) is 2.82. The molecule has 1 N–H and O–H groups in total. The Bertz CT molecular complexity index is 177. The first-order valence-electron chi connectivity index (χ1n) is 2.82. The van der Waals surface area contributed by atoms with Gasteiger partial charge in [0, 0.05) is 7.05 Å². The number of carbonyl (C=O) groups excluding carboxylic acids is 1. The average Bonchev–Trinajstić information content (AvgIpc) is 1.86. The van der Waals surface area contributed by atoms with Crippen molar-refractivity contribution in [3.8, 4) is 0 Å². The number of carbonyl (C=O) groups is 2. The quantitative estimate of drug-likeness (QED) is 0.600. The van der Waals surface area contributed by atoms with Crippen molar-refractivity contribution in [2.45, 2.75) is 0 Å². The van der Waals surface area contributed by atoms with E-state index in [9.17, 15) is 9.59 Å². The third kappa shape index (κ3) is 3.96. The summed E-state index contributed by atoms with van der Waals surface area (Å²) in [5, 5.41) is 8.23. The zero-order chi connectivity index (χ0) is 8.85. The molecule has 0 aromatic rings. The second kappa shape index (κ2) is 4.32. The third-order valence-electron chi connectivity index (χ3n) is 0.868. The molecule has 0 rings (SSSR count). The highest BCUT2D eigenvalue weighted by molar-refractivity contribution is 5.76. The molecule has 0 heterocycles. The second-order valence-corrected chi connectivity index (χ2v) is 1.80. The summed E-state index contributed by atoms with van der Waals surface area (Å²) in [6.07, 6.45) is 0.211. The van der Waals surface area contributed by atoms with Gasteiger partial charge in [0.25, 0.3) is 0 Å². The minimum absolute atomic E-state index is 0.382. The van der Waals surface area contributed by atoms with E-state index in [1.807, 2.05) is 0 Å². The number of carboxylic acids is 1. The molecule has 0 spiro atoms. The van der Waals surface area contributed by atoms with E-state index in [2.05, 4.69) is 11.3 Å². The van der Waals surface area contributed by atoms with Crippen molar-refractivity contribution < 1.29 is 19.4 Å². The van der Waals surface area contributed by atoms with Gasteiger partial charge < -0.3 is 9.84 Å². The first kappa shape index (κ1) is 9.48. The van der Waals surface area contributed by atoms with Crippen LogP contribution in [0.5, 0.6) is 0 Å². The van der Waals surface area contributed by atoms with Gasteiger partial charge in [-0.1, -0.05) is 6.58 Å². The molecule has 5 heteroatoms. The molecule has 0 saturated carbocycles. The van der Waals surface area contributed by atoms with E-state index < -0.39 is 12.1 Å². The molecular formula is C6H9NO4. The number of likely N-dealkylation sites (N-methyl/N-ethyl adjacent to an activating group) is 1. The van der Waals surface area contributed by atoms with Crippen molar-refractivity contribution in [2.75, 3.05) is 13.6 Å². The summed E-state index contributed by atoms with van der Waals surface area (Å²) in [5.74, 6) is -1.09. The van der Waals surface area contributed by atoms with Crippen molar-refractivity contribution in [1.82, 2.24) is 4.90 Å². The summed E-state index contributed by atoms with van der Waals surface area (Å²) < 4.78 is 4.29. The lowest BCUT2D eigenvalue weighted by molar-refractivity contribution is -0.137. The minimum Gasteiger partial charge on any atom is -0.480 e. The molecule has 0 aliphatic heterocycles. The lowest BCUT2D eigenvalue weighted by atomic mass is 10.6. The van der Waals surface area contributed by atoms with Crippen LogP contribution >= 0.6 is 0 Å². The number of hydrogen-bond donors (Lipinski definition) is 1. The Morgan fingerprint density at radius 1 is 1.73 bits per heavy atom. The van der Waals surface area contributed by atoms with E-state index in [0.717, 1.165) is 11.2 Å². The Morgan fingerprint density at radius 2 is 2.27 bits per heavy atom. The monoisotopic (exact) mass is 159 g/mol. The standard InChI is InChI=1S/C6H9NO4/c1-3-11-6(10)7(2)4-5(8)9/h3H,1,4H2,2H3,(H,8,9). The molecule has 0 aliphatic rings. The van der Waals surface area contributed by atoms with Gasteiger partial charge in [-0.2, -0.15) is 0 Å². The molecule has 0 bridgehead atoms. The largest absolute Gasteiger partial charge is 0.480 e. The summed E-state index contributed by atoms with van der Waals surface area (Å²) in [4.78, 5) is 21.6. The van der Waals surface area contributed by atoms with Gasteiger partial charge in [0.1, 0.15) is 6.54 Å². The molecule has 11 heavy (non-hydrogen) atoms. The van der Waals surface area contributed by atoms with Gasteiger partial charge in [-0.3, -0.25) is 9.69 Å². The normalized spacial score (nSPS) is 8.45.